The summed E-state index contributed by atoms with van der Waals surface area (Å²) in [5.74, 6) is 0. The lowest BCUT2D eigenvalue weighted by molar-refractivity contribution is 0.518. The van der Waals surface area contributed by atoms with Crippen LogP contribution in [0, 0.1) is 22.7 Å². The maximum atomic E-state index is 8.95. The Morgan fingerprint density at radius 1 is 1.21 bits per heavy atom. The third-order valence-electron chi connectivity index (χ3n) is 2.19. The van der Waals surface area contributed by atoms with Gasteiger partial charge in [-0.1, -0.05) is 6.08 Å². The Morgan fingerprint density at radius 2 is 2.07 bits per heavy atom. The summed E-state index contributed by atoms with van der Waals surface area (Å²) in [6.45, 7) is 0.657. The molecule has 2 rings (SSSR count). The summed E-state index contributed by atoms with van der Waals surface area (Å²) in [7, 11) is 0. The van der Waals surface area contributed by atoms with E-state index in [9.17, 15) is 0 Å². The van der Waals surface area contributed by atoms with Crippen LogP contribution < -0.4 is 0 Å². The van der Waals surface area contributed by atoms with E-state index in [1.165, 1.54) is 0 Å². The predicted molar refractivity (Wildman–Crippen MR) is 51.3 cm³/mol. The Bertz CT molecular complexity index is 464. The SMILES string of the molecule is N#CC1=CCN2C=CC=CC2=C1C#N. The molecule has 2 heterocycles. The molecule has 0 unspecified atom stereocenters. The van der Waals surface area contributed by atoms with Crippen LogP contribution >= 0.6 is 0 Å². The zero-order chi connectivity index (χ0) is 9.97. The lowest BCUT2D eigenvalue weighted by Crippen LogP contribution is -2.22. The highest BCUT2D eigenvalue weighted by Crippen LogP contribution is 2.25. The summed E-state index contributed by atoms with van der Waals surface area (Å²) >= 11 is 0. The largest absolute Gasteiger partial charge is 0.343 e. The van der Waals surface area contributed by atoms with E-state index in [4.69, 9.17) is 10.5 Å². The Balaban J connectivity index is 2.54. The molecular formula is C11H7N3. The van der Waals surface area contributed by atoms with Crippen molar-refractivity contribution in [3.63, 3.8) is 0 Å². The molecule has 14 heavy (non-hydrogen) atoms. The molecule has 3 heteroatoms. The molecule has 0 radical (unpaired) electrons. The van der Waals surface area contributed by atoms with E-state index in [1.807, 2.05) is 35.4 Å². The molecular weight excluding hydrogens is 174 g/mol. The minimum atomic E-state index is 0.458. The molecule has 0 amide bonds. The molecule has 3 nitrogen and oxygen atoms in total. The average Bonchev–Trinajstić information content (AvgIpc) is 2.27. The van der Waals surface area contributed by atoms with Crippen LogP contribution in [0.3, 0.4) is 0 Å². The van der Waals surface area contributed by atoms with Gasteiger partial charge in [-0.2, -0.15) is 10.5 Å². The third kappa shape index (κ3) is 1.12. The summed E-state index contributed by atoms with van der Waals surface area (Å²) in [5.41, 5.74) is 1.74. The topological polar surface area (TPSA) is 50.8 Å². The Hall–Kier alpha value is -2.26. The zero-order valence-corrected chi connectivity index (χ0v) is 7.44. The van der Waals surface area contributed by atoms with Crippen LogP contribution in [-0.2, 0) is 0 Å². The first-order chi connectivity index (χ1) is 6.86. The van der Waals surface area contributed by atoms with Gasteiger partial charge in [0.25, 0.3) is 0 Å². The average molecular weight is 181 g/mol. The van der Waals surface area contributed by atoms with Gasteiger partial charge < -0.3 is 4.90 Å². The van der Waals surface area contributed by atoms with Crippen LogP contribution in [0.25, 0.3) is 0 Å². The summed E-state index contributed by atoms with van der Waals surface area (Å²) in [6.07, 6.45) is 9.29. The monoisotopic (exact) mass is 181 g/mol. The predicted octanol–water partition coefficient (Wildman–Crippen LogP) is 1.61. The molecule has 0 spiro atoms. The number of hydrogen-bond acceptors (Lipinski definition) is 3. The first-order valence-corrected chi connectivity index (χ1v) is 4.23. The van der Waals surface area contributed by atoms with Crippen LogP contribution in [0.1, 0.15) is 0 Å². The summed E-state index contributed by atoms with van der Waals surface area (Å²) < 4.78 is 0. The van der Waals surface area contributed by atoms with Crippen molar-refractivity contribution in [3.8, 4) is 12.1 Å². The lowest BCUT2D eigenvalue weighted by atomic mass is 10.0. The van der Waals surface area contributed by atoms with E-state index in [-0.39, 0.29) is 0 Å². The molecule has 0 atom stereocenters. The number of nitriles is 2. The molecule has 2 aliphatic rings. The molecule has 0 saturated carbocycles. The molecule has 0 aromatic heterocycles. The quantitative estimate of drug-likeness (QED) is 0.570. The second-order valence-corrected chi connectivity index (χ2v) is 2.95. The van der Waals surface area contributed by atoms with Gasteiger partial charge in [0, 0.05) is 12.7 Å². The van der Waals surface area contributed by atoms with E-state index in [2.05, 4.69) is 6.07 Å². The van der Waals surface area contributed by atoms with Gasteiger partial charge >= 0.3 is 0 Å². The molecule has 2 aliphatic heterocycles. The van der Waals surface area contributed by atoms with Crippen LogP contribution in [0.4, 0.5) is 0 Å². The van der Waals surface area contributed by atoms with E-state index < -0.39 is 0 Å². The van der Waals surface area contributed by atoms with Gasteiger partial charge in [0.2, 0.25) is 0 Å². The smallest absolute Gasteiger partial charge is 0.103 e. The van der Waals surface area contributed by atoms with Crippen molar-refractivity contribution in [3.05, 3.63) is 47.3 Å². The Kier molecular flexibility index (Phi) is 1.93. The van der Waals surface area contributed by atoms with Gasteiger partial charge in [-0.25, -0.2) is 0 Å². The number of hydrogen-bond donors (Lipinski definition) is 0. The molecule has 0 saturated heterocycles. The van der Waals surface area contributed by atoms with Gasteiger partial charge in [0.1, 0.15) is 12.1 Å². The highest BCUT2D eigenvalue weighted by molar-refractivity contribution is 5.57. The third-order valence-corrected chi connectivity index (χ3v) is 2.19. The summed E-state index contributed by atoms with van der Waals surface area (Å²) in [6, 6.07) is 4.10. The minimum Gasteiger partial charge on any atom is -0.343 e. The fraction of sp³-hybridized carbons (Fsp3) is 0.0909. The van der Waals surface area contributed by atoms with Crippen LogP contribution in [0.2, 0.25) is 0 Å². The van der Waals surface area contributed by atoms with Gasteiger partial charge in [-0.05, 0) is 18.2 Å². The fourth-order valence-corrected chi connectivity index (χ4v) is 1.51. The van der Waals surface area contributed by atoms with Crippen molar-refractivity contribution in [2.45, 2.75) is 0 Å². The summed E-state index contributed by atoms with van der Waals surface area (Å²) in [4.78, 5) is 1.94. The highest BCUT2D eigenvalue weighted by Gasteiger charge is 2.19. The van der Waals surface area contributed by atoms with E-state index >= 15 is 0 Å². The van der Waals surface area contributed by atoms with Crippen molar-refractivity contribution < 1.29 is 0 Å². The molecule has 0 N–H and O–H groups in total. The van der Waals surface area contributed by atoms with Crippen LogP contribution in [-0.4, -0.2) is 11.4 Å². The maximum absolute atomic E-state index is 8.95. The maximum Gasteiger partial charge on any atom is 0.103 e. The van der Waals surface area contributed by atoms with Gasteiger partial charge in [0.05, 0.1) is 16.8 Å². The van der Waals surface area contributed by atoms with Crippen molar-refractivity contribution >= 4 is 0 Å². The number of rotatable bonds is 0. The minimum absolute atomic E-state index is 0.458. The molecule has 66 valence electrons. The standard InChI is InChI=1S/C11H7N3/c12-7-9-4-6-14-5-2-1-3-11(14)10(9)8-13/h1-5H,6H2. The highest BCUT2D eigenvalue weighted by atomic mass is 15.1. The van der Waals surface area contributed by atoms with Gasteiger partial charge in [-0.15, -0.1) is 0 Å². The second-order valence-electron chi connectivity index (χ2n) is 2.95. The van der Waals surface area contributed by atoms with Crippen molar-refractivity contribution in [2.75, 3.05) is 6.54 Å². The molecule has 0 bridgehead atoms. The van der Waals surface area contributed by atoms with Crippen molar-refractivity contribution in [2.24, 2.45) is 0 Å². The number of fused-ring (bicyclic) bond motifs is 1. The Morgan fingerprint density at radius 3 is 2.79 bits per heavy atom. The van der Waals surface area contributed by atoms with Crippen molar-refractivity contribution in [1.82, 2.24) is 4.90 Å². The molecule has 0 aromatic carbocycles. The normalized spacial score (nSPS) is 18.4. The first-order valence-electron chi connectivity index (χ1n) is 4.23. The van der Waals surface area contributed by atoms with Crippen molar-refractivity contribution in [1.29, 1.82) is 10.5 Å². The molecule has 0 fully saturated rings. The number of allylic oxidation sites excluding steroid dienone is 5. The van der Waals surface area contributed by atoms with Gasteiger partial charge in [0.15, 0.2) is 0 Å². The summed E-state index contributed by atoms with van der Waals surface area (Å²) in [5, 5.41) is 17.8. The zero-order valence-electron chi connectivity index (χ0n) is 7.44. The Labute approximate surface area is 82.2 Å². The second kappa shape index (κ2) is 3.24. The molecule has 0 aromatic rings. The first kappa shape index (κ1) is 8.34. The van der Waals surface area contributed by atoms with E-state index in [0.29, 0.717) is 17.7 Å². The van der Waals surface area contributed by atoms with Crippen LogP contribution in [0.5, 0.6) is 0 Å². The molecule has 0 aliphatic carbocycles. The van der Waals surface area contributed by atoms with Gasteiger partial charge in [-0.3, -0.25) is 0 Å². The van der Waals surface area contributed by atoms with E-state index in [0.717, 1.165) is 5.70 Å². The lowest BCUT2D eigenvalue weighted by Gasteiger charge is -2.26. The number of nitrogens with zero attached hydrogens (tertiary/aromatic N) is 3. The van der Waals surface area contributed by atoms with E-state index in [1.54, 1.807) is 6.08 Å². The van der Waals surface area contributed by atoms with Crippen LogP contribution in [0.15, 0.2) is 47.3 Å². The fourth-order valence-electron chi connectivity index (χ4n) is 1.51.